The highest BCUT2D eigenvalue weighted by Crippen LogP contribution is 2.41. The number of likely N-dealkylation sites (tertiary alicyclic amines) is 1. The number of pyridine rings is 1. The Morgan fingerprint density at radius 1 is 1.17 bits per heavy atom. The van der Waals surface area contributed by atoms with Crippen LogP contribution in [0.5, 0.6) is 11.5 Å². The molecule has 1 aromatic heterocycles. The third kappa shape index (κ3) is 3.09. The largest absolute Gasteiger partial charge is 0.507 e. The highest BCUT2D eigenvalue weighted by atomic mass is 16.7. The van der Waals surface area contributed by atoms with E-state index in [1.807, 2.05) is 0 Å². The van der Waals surface area contributed by atoms with Crippen LogP contribution in [0.3, 0.4) is 0 Å². The summed E-state index contributed by atoms with van der Waals surface area (Å²) in [6.07, 6.45) is 3.20. The number of nitrogens with zero attached hydrogens (tertiary/aromatic N) is 2. The Balaban J connectivity index is 1.60. The number of ether oxygens (including phenoxy) is 3. The Morgan fingerprint density at radius 3 is 2.80 bits per heavy atom. The molecule has 2 atom stereocenters. The maximum atomic E-state index is 13.0. The van der Waals surface area contributed by atoms with Gasteiger partial charge in [-0.2, -0.15) is 0 Å². The summed E-state index contributed by atoms with van der Waals surface area (Å²) in [6, 6.07) is 9.39. The van der Waals surface area contributed by atoms with Gasteiger partial charge in [-0.25, -0.2) is 0 Å². The number of amides is 1. The normalized spacial score (nSPS) is 24.6. The molecule has 1 aromatic carbocycles. The minimum Gasteiger partial charge on any atom is -0.507 e. The Labute approximate surface area is 172 Å². The molecule has 8 heteroatoms. The molecule has 5 rings (SSSR count). The molecule has 3 aliphatic heterocycles. The van der Waals surface area contributed by atoms with Crippen LogP contribution in [-0.4, -0.2) is 52.7 Å². The lowest BCUT2D eigenvalue weighted by molar-refractivity contribution is -0.140. The molecule has 0 aliphatic carbocycles. The van der Waals surface area contributed by atoms with Gasteiger partial charge >= 0.3 is 0 Å². The van der Waals surface area contributed by atoms with E-state index >= 15 is 0 Å². The van der Waals surface area contributed by atoms with Crippen LogP contribution in [0.15, 0.2) is 48.2 Å². The van der Waals surface area contributed by atoms with Gasteiger partial charge in [-0.05, 0) is 43.2 Å². The van der Waals surface area contributed by atoms with Crippen LogP contribution in [-0.2, 0) is 14.3 Å². The molecule has 8 nitrogen and oxygen atoms in total. The number of aliphatic hydroxyl groups is 1. The van der Waals surface area contributed by atoms with E-state index in [0.29, 0.717) is 29.4 Å². The molecule has 2 unspecified atom stereocenters. The maximum Gasteiger partial charge on any atom is 0.295 e. The molecule has 1 N–H and O–H groups in total. The molecule has 30 heavy (non-hydrogen) atoms. The Morgan fingerprint density at radius 2 is 2.03 bits per heavy atom. The van der Waals surface area contributed by atoms with Gasteiger partial charge < -0.3 is 24.2 Å². The van der Waals surface area contributed by atoms with Crippen LogP contribution in [0.1, 0.15) is 30.1 Å². The number of Topliss-reactive ketones (excluding diaryl/α,β-unsaturated/α-hetero) is 1. The summed E-state index contributed by atoms with van der Waals surface area (Å²) in [5.74, 6) is -0.631. The van der Waals surface area contributed by atoms with Crippen molar-refractivity contribution in [3.05, 3.63) is 59.4 Å². The van der Waals surface area contributed by atoms with Crippen molar-refractivity contribution in [3.8, 4) is 11.5 Å². The SMILES string of the molecule is O=C1C(=O)N(CC2CCCO2)C(c2ccccn2)/C1=C(/O)c1ccc2c(c1)OCO2. The number of benzene rings is 1. The van der Waals surface area contributed by atoms with Crippen LogP contribution in [0.2, 0.25) is 0 Å². The van der Waals surface area contributed by atoms with Gasteiger partial charge in [-0.15, -0.1) is 0 Å². The van der Waals surface area contributed by atoms with Gasteiger partial charge in [0.25, 0.3) is 11.7 Å². The van der Waals surface area contributed by atoms with E-state index < -0.39 is 17.7 Å². The molecule has 0 radical (unpaired) electrons. The molecular weight excluding hydrogens is 388 g/mol. The van der Waals surface area contributed by atoms with E-state index in [2.05, 4.69) is 4.98 Å². The standard InChI is InChI=1S/C22H20N2O6/c25-20(13-6-7-16-17(10-13)30-12-29-16)18-19(15-5-1-2-8-23-15)24(22(27)21(18)26)11-14-4-3-9-28-14/h1-2,5-8,10,14,19,25H,3-4,9,11-12H2/b20-18-. The van der Waals surface area contributed by atoms with E-state index in [0.717, 1.165) is 12.8 Å². The summed E-state index contributed by atoms with van der Waals surface area (Å²) in [5, 5.41) is 11.1. The fourth-order valence-corrected chi connectivity index (χ4v) is 4.12. The van der Waals surface area contributed by atoms with Crippen molar-refractivity contribution in [3.63, 3.8) is 0 Å². The number of aromatic nitrogens is 1. The second kappa shape index (κ2) is 7.46. The predicted octanol–water partition coefficient (Wildman–Crippen LogP) is 2.41. The van der Waals surface area contributed by atoms with Gasteiger partial charge in [0.1, 0.15) is 11.8 Å². The smallest absolute Gasteiger partial charge is 0.295 e. The van der Waals surface area contributed by atoms with Crippen LogP contribution >= 0.6 is 0 Å². The number of fused-ring (bicyclic) bond motifs is 1. The van der Waals surface area contributed by atoms with Crippen LogP contribution < -0.4 is 9.47 Å². The van der Waals surface area contributed by atoms with Crippen molar-refractivity contribution in [1.82, 2.24) is 9.88 Å². The highest BCUT2D eigenvalue weighted by molar-refractivity contribution is 6.46. The van der Waals surface area contributed by atoms with Crippen molar-refractivity contribution in [2.45, 2.75) is 25.0 Å². The van der Waals surface area contributed by atoms with Gasteiger partial charge in [0.15, 0.2) is 11.5 Å². The molecule has 3 aliphatic rings. The lowest BCUT2D eigenvalue weighted by Crippen LogP contribution is -2.36. The summed E-state index contributed by atoms with van der Waals surface area (Å²) in [6.45, 7) is 1.00. The van der Waals surface area contributed by atoms with Gasteiger partial charge in [0.05, 0.1) is 17.4 Å². The van der Waals surface area contributed by atoms with Crippen LogP contribution in [0, 0.1) is 0 Å². The predicted molar refractivity (Wildman–Crippen MR) is 105 cm³/mol. The number of ketones is 1. The molecule has 0 spiro atoms. The van der Waals surface area contributed by atoms with E-state index in [-0.39, 0.29) is 30.8 Å². The van der Waals surface area contributed by atoms with Crippen molar-refractivity contribution in [2.24, 2.45) is 0 Å². The summed E-state index contributed by atoms with van der Waals surface area (Å²) in [7, 11) is 0. The Kier molecular flexibility index (Phi) is 4.63. The molecular formula is C22H20N2O6. The monoisotopic (exact) mass is 408 g/mol. The summed E-state index contributed by atoms with van der Waals surface area (Å²) in [5.41, 5.74) is 0.892. The second-order valence-corrected chi connectivity index (χ2v) is 7.41. The van der Waals surface area contributed by atoms with E-state index in [1.54, 1.807) is 42.6 Å². The zero-order valence-electron chi connectivity index (χ0n) is 16.1. The average molecular weight is 408 g/mol. The lowest BCUT2D eigenvalue weighted by atomic mass is 9.98. The van der Waals surface area contributed by atoms with Gasteiger partial charge in [-0.1, -0.05) is 6.07 Å². The fourth-order valence-electron chi connectivity index (χ4n) is 4.12. The molecule has 2 saturated heterocycles. The van der Waals surface area contributed by atoms with Crippen LogP contribution in [0.4, 0.5) is 0 Å². The third-order valence-electron chi connectivity index (χ3n) is 5.58. The number of carbonyl (C=O) groups is 2. The van der Waals surface area contributed by atoms with Crippen molar-refractivity contribution >= 4 is 17.4 Å². The second-order valence-electron chi connectivity index (χ2n) is 7.41. The van der Waals surface area contributed by atoms with Gasteiger partial charge in [-0.3, -0.25) is 14.6 Å². The Hall–Kier alpha value is -3.39. The van der Waals surface area contributed by atoms with Gasteiger partial charge in [0.2, 0.25) is 6.79 Å². The van der Waals surface area contributed by atoms with E-state index in [9.17, 15) is 14.7 Å². The first-order valence-corrected chi connectivity index (χ1v) is 9.84. The maximum absolute atomic E-state index is 13.0. The number of rotatable bonds is 4. The molecule has 2 aromatic rings. The summed E-state index contributed by atoms with van der Waals surface area (Å²) < 4.78 is 16.4. The first kappa shape index (κ1) is 18.6. The number of aliphatic hydroxyl groups excluding tert-OH is 1. The molecule has 1 amide bonds. The van der Waals surface area contributed by atoms with E-state index in [4.69, 9.17) is 14.2 Å². The zero-order valence-corrected chi connectivity index (χ0v) is 16.1. The fraction of sp³-hybridized carbons (Fsp3) is 0.318. The minimum absolute atomic E-state index is 0.00978. The quantitative estimate of drug-likeness (QED) is 0.471. The van der Waals surface area contributed by atoms with Crippen molar-refractivity contribution < 1.29 is 28.9 Å². The highest BCUT2D eigenvalue weighted by Gasteiger charge is 2.47. The van der Waals surface area contributed by atoms with Crippen molar-refractivity contribution in [1.29, 1.82) is 0 Å². The lowest BCUT2D eigenvalue weighted by Gasteiger charge is -2.26. The average Bonchev–Trinajstić information content (AvgIpc) is 3.50. The first-order chi connectivity index (χ1) is 14.6. The zero-order chi connectivity index (χ0) is 20.7. The number of carbonyl (C=O) groups excluding carboxylic acids is 2. The summed E-state index contributed by atoms with van der Waals surface area (Å²) in [4.78, 5) is 31.7. The minimum atomic E-state index is -0.791. The van der Waals surface area contributed by atoms with Gasteiger partial charge in [0, 0.05) is 24.9 Å². The molecule has 0 bridgehead atoms. The first-order valence-electron chi connectivity index (χ1n) is 9.84. The molecule has 4 heterocycles. The molecule has 0 saturated carbocycles. The topological polar surface area (TPSA) is 98.2 Å². The molecule has 154 valence electrons. The van der Waals surface area contributed by atoms with E-state index in [1.165, 1.54) is 4.90 Å². The third-order valence-corrected chi connectivity index (χ3v) is 5.58. The summed E-state index contributed by atoms with van der Waals surface area (Å²) >= 11 is 0. The number of hydrogen-bond donors (Lipinski definition) is 1. The molecule has 2 fully saturated rings. The number of hydrogen-bond acceptors (Lipinski definition) is 7. The Bertz CT molecular complexity index is 1030. The van der Waals surface area contributed by atoms with Crippen molar-refractivity contribution in [2.75, 3.05) is 19.9 Å². The van der Waals surface area contributed by atoms with Crippen LogP contribution in [0.25, 0.3) is 5.76 Å².